The topological polar surface area (TPSA) is 72.2 Å². The molecule has 108 valence electrons. The lowest BCUT2D eigenvalue weighted by atomic mass is 9.64. The molecule has 1 fully saturated rings. The standard InChI is InChI=1S/C13H24N4O2/c1-6-14-8(2)11-16-17-12(19-11)15-9-7-10(18-5)13(9,3)4/h8-10,14H,6-7H2,1-5H3,(H,15,17). The third kappa shape index (κ3) is 2.74. The molecule has 1 aliphatic carbocycles. The summed E-state index contributed by atoms with van der Waals surface area (Å²) in [4.78, 5) is 0. The van der Waals surface area contributed by atoms with Gasteiger partial charge in [0, 0.05) is 18.6 Å². The van der Waals surface area contributed by atoms with E-state index in [9.17, 15) is 0 Å². The van der Waals surface area contributed by atoms with E-state index in [4.69, 9.17) is 9.15 Å². The van der Waals surface area contributed by atoms with Gasteiger partial charge in [-0.1, -0.05) is 25.9 Å². The largest absolute Gasteiger partial charge is 0.406 e. The van der Waals surface area contributed by atoms with E-state index in [0.29, 0.717) is 17.9 Å². The average Bonchev–Trinajstić information content (AvgIpc) is 2.83. The number of aromatic nitrogens is 2. The van der Waals surface area contributed by atoms with Gasteiger partial charge in [0.15, 0.2) is 0 Å². The smallest absolute Gasteiger partial charge is 0.315 e. The molecule has 2 N–H and O–H groups in total. The van der Waals surface area contributed by atoms with Gasteiger partial charge in [-0.15, -0.1) is 5.10 Å². The second-order valence-corrected chi connectivity index (χ2v) is 5.70. The van der Waals surface area contributed by atoms with Crippen molar-refractivity contribution in [3.05, 3.63) is 5.89 Å². The molecule has 1 heterocycles. The normalized spacial score (nSPS) is 26.8. The molecular weight excluding hydrogens is 244 g/mol. The van der Waals surface area contributed by atoms with Crippen LogP contribution in [0.2, 0.25) is 0 Å². The van der Waals surface area contributed by atoms with E-state index >= 15 is 0 Å². The summed E-state index contributed by atoms with van der Waals surface area (Å²) in [6, 6.07) is 0.877. The van der Waals surface area contributed by atoms with E-state index in [1.54, 1.807) is 7.11 Å². The fraction of sp³-hybridized carbons (Fsp3) is 0.846. The van der Waals surface area contributed by atoms with Crippen molar-refractivity contribution >= 4 is 6.01 Å². The van der Waals surface area contributed by atoms with Crippen LogP contribution in [-0.2, 0) is 4.74 Å². The molecule has 1 aromatic rings. The molecule has 0 aromatic carbocycles. The molecule has 3 atom stereocenters. The molecule has 6 nitrogen and oxygen atoms in total. The maximum absolute atomic E-state index is 5.63. The van der Waals surface area contributed by atoms with Crippen LogP contribution in [0.5, 0.6) is 0 Å². The summed E-state index contributed by atoms with van der Waals surface area (Å²) in [6.07, 6.45) is 1.25. The van der Waals surface area contributed by atoms with Gasteiger partial charge in [0.2, 0.25) is 5.89 Å². The fourth-order valence-electron chi connectivity index (χ4n) is 2.54. The third-order valence-electron chi connectivity index (χ3n) is 4.08. The predicted molar refractivity (Wildman–Crippen MR) is 73.0 cm³/mol. The molecule has 0 bridgehead atoms. The van der Waals surface area contributed by atoms with Gasteiger partial charge >= 0.3 is 6.01 Å². The minimum absolute atomic E-state index is 0.0779. The Morgan fingerprint density at radius 3 is 2.79 bits per heavy atom. The Labute approximate surface area is 114 Å². The molecule has 1 aromatic heterocycles. The van der Waals surface area contributed by atoms with E-state index in [1.807, 2.05) is 13.8 Å². The van der Waals surface area contributed by atoms with Crippen LogP contribution in [0.3, 0.4) is 0 Å². The Morgan fingerprint density at radius 2 is 2.21 bits per heavy atom. The molecule has 0 spiro atoms. The van der Waals surface area contributed by atoms with Gasteiger partial charge in [-0.2, -0.15) is 0 Å². The zero-order valence-corrected chi connectivity index (χ0v) is 12.4. The van der Waals surface area contributed by atoms with E-state index in [2.05, 4.69) is 34.7 Å². The number of methoxy groups -OCH3 is 1. The first-order valence-electron chi connectivity index (χ1n) is 6.85. The quantitative estimate of drug-likeness (QED) is 0.822. The van der Waals surface area contributed by atoms with Crippen molar-refractivity contribution in [1.29, 1.82) is 0 Å². The summed E-state index contributed by atoms with van der Waals surface area (Å²) >= 11 is 0. The van der Waals surface area contributed by atoms with E-state index in [-0.39, 0.29) is 17.6 Å². The predicted octanol–water partition coefficient (Wildman–Crippen LogP) is 1.97. The van der Waals surface area contributed by atoms with Crippen molar-refractivity contribution in [2.75, 3.05) is 19.0 Å². The summed E-state index contributed by atoms with van der Waals surface area (Å²) in [5, 5.41) is 14.7. The lowest BCUT2D eigenvalue weighted by molar-refractivity contribution is -0.0800. The highest BCUT2D eigenvalue weighted by molar-refractivity contribution is 5.25. The molecule has 0 amide bonds. The van der Waals surface area contributed by atoms with Gasteiger partial charge in [0.25, 0.3) is 0 Å². The molecule has 1 saturated carbocycles. The molecular formula is C13H24N4O2. The number of anilines is 1. The molecule has 0 aliphatic heterocycles. The van der Waals surface area contributed by atoms with Gasteiger partial charge in [0.1, 0.15) is 0 Å². The molecule has 6 heteroatoms. The molecule has 1 aliphatic rings. The molecule has 3 unspecified atom stereocenters. The lowest BCUT2D eigenvalue weighted by Gasteiger charge is -2.50. The highest BCUT2D eigenvalue weighted by atomic mass is 16.5. The van der Waals surface area contributed by atoms with Crippen molar-refractivity contribution in [3.8, 4) is 0 Å². The number of rotatable bonds is 6. The zero-order chi connectivity index (χ0) is 14.0. The molecule has 0 radical (unpaired) electrons. The van der Waals surface area contributed by atoms with Crippen LogP contribution in [0.4, 0.5) is 6.01 Å². The minimum Gasteiger partial charge on any atom is -0.406 e. The lowest BCUT2D eigenvalue weighted by Crippen LogP contribution is -2.57. The van der Waals surface area contributed by atoms with Crippen LogP contribution >= 0.6 is 0 Å². The first-order valence-corrected chi connectivity index (χ1v) is 6.85. The van der Waals surface area contributed by atoms with Gasteiger partial charge in [-0.05, 0) is 19.9 Å². The van der Waals surface area contributed by atoms with Crippen molar-refractivity contribution in [2.24, 2.45) is 5.41 Å². The molecule has 2 rings (SSSR count). The molecule has 19 heavy (non-hydrogen) atoms. The van der Waals surface area contributed by atoms with Crippen LogP contribution in [-0.4, -0.2) is 36.0 Å². The Bertz CT molecular complexity index is 419. The maximum Gasteiger partial charge on any atom is 0.315 e. The summed E-state index contributed by atoms with van der Waals surface area (Å²) < 4.78 is 11.1. The number of ether oxygens (including phenoxy) is 1. The Kier molecular flexibility index (Phi) is 4.10. The van der Waals surface area contributed by atoms with Crippen molar-refractivity contribution in [1.82, 2.24) is 15.5 Å². The van der Waals surface area contributed by atoms with E-state index in [0.717, 1.165) is 13.0 Å². The van der Waals surface area contributed by atoms with Crippen molar-refractivity contribution < 1.29 is 9.15 Å². The van der Waals surface area contributed by atoms with Crippen LogP contribution in [0, 0.1) is 5.41 Å². The van der Waals surface area contributed by atoms with Crippen molar-refractivity contribution in [3.63, 3.8) is 0 Å². The van der Waals surface area contributed by atoms with Crippen LogP contribution in [0.15, 0.2) is 4.42 Å². The summed E-state index contributed by atoms with van der Waals surface area (Å²) in [5.74, 6) is 0.616. The maximum atomic E-state index is 5.63. The van der Waals surface area contributed by atoms with Gasteiger partial charge in [-0.3, -0.25) is 0 Å². The second kappa shape index (κ2) is 5.46. The Hall–Kier alpha value is -1.14. The first-order chi connectivity index (χ1) is 8.98. The third-order valence-corrected chi connectivity index (χ3v) is 4.08. The minimum atomic E-state index is 0.0779. The van der Waals surface area contributed by atoms with Crippen LogP contribution in [0.1, 0.15) is 46.0 Å². The SMILES string of the molecule is CCNC(C)c1nnc(NC2CC(OC)C2(C)C)o1. The Morgan fingerprint density at radius 1 is 1.47 bits per heavy atom. The van der Waals surface area contributed by atoms with Crippen molar-refractivity contribution in [2.45, 2.75) is 52.3 Å². The van der Waals surface area contributed by atoms with Crippen LogP contribution in [0.25, 0.3) is 0 Å². The summed E-state index contributed by atoms with van der Waals surface area (Å²) in [6.45, 7) is 9.29. The summed E-state index contributed by atoms with van der Waals surface area (Å²) in [7, 11) is 1.76. The monoisotopic (exact) mass is 268 g/mol. The van der Waals surface area contributed by atoms with E-state index in [1.165, 1.54) is 0 Å². The van der Waals surface area contributed by atoms with E-state index < -0.39 is 0 Å². The number of hydrogen-bond donors (Lipinski definition) is 2. The summed E-state index contributed by atoms with van der Waals surface area (Å²) in [5.41, 5.74) is 0.0800. The second-order valence-electron chi connectivity index (χ2n) is 5.70. The number of nitrogens with zero attached hydrogens (tertiary/aromatic N) is 2. The van der Waals surface area contributed by atoms with Gasteiger partial charge in [0.05, 0.1) is 12.1 Å². The van der Waals surface area contributed by atoms with Gasteiger partial charge < -0.3 is 19.8 Å². The number of hydrogen-bond acceptors (Lipinski definition) is 6. The highest BCUT2D eigenvalue weighted by Gasteiger charge is 2.49. The average molecular weight is 268 g/mol. The fourth-order valence-corrected chi connectivity index (χ4v) is 2.54. The van der Waals surface area contributed by atoms with Gasteiger partial charge in [-0.25, -0.2) is 0 Å². The molecule has 0 saturated heterocycles. The zero-order valence-electron chi connectivity index (χ0n) is 12.4. The highest BCUT2D eigenvalue weighted by Crippen LogP contribution is 2.43. The first kappa shape index (κ1) is 14.3. The Balaban J connectivity index is 1.94. The number of nitrogens with one attached hydrogen (secondary N) is 2. The van der Waals surface area contributed by atoms with Crippen LogP contribution < -0.4 is 10.6 Å².